The Morgan fingerprint density at radius 3 is 2.47 bits per heavy atom. The number of rotatable bonds is 6. The molecule has 1 N–H and O–H groups in total. The van der Waals surface area contributed by atoms with Crippen LogP contribution in [0.2, 0.25) is 10.0 Å². The zero-order valence-corrected chi connectivity index (χ0v) is 17.7. The van der Waals surface area contributed by atoms with Crippen LogP contribution in [-0.2, 0) is 11.4 Å². The van der Waals surface area contributed by atoms with E-state index >= 15 is 0 Å². The van der Waals surface area contributed by atoms with E-state index in [1.807, 2.05) is 37.3 Å². The van der Waals surface area contributed by atoms with E-state index in [2.05, 4.69) is 5.32 Å². The number of aryl methyl sites for hydroxylation is 1. The minimum Gasteiger partial charge on any atom is -0.489 e. The number of nitrogens with one attached hydrogen (secondary N) is 1. The van der Waals surface area contributed by atoms with E-state index in [-0.39, 0.29) is 5.57 Å². The third-order valence-electron chi connectivity index (χ3n) is 4.39. The Hall–Kier alpha value is -3.26. The highest BCUT2D eigenvalue weighted by atomic mass is 35.5. The first kappa shape index (κ1) is 21.4. The van der Waals surface area contributed by atoms with Crippen molar-refractivity contribution < 1.29 is 9.53 Å². The van der Waals surface area contributed by atoms with Gasteiger partial charge in [-0.25, -0.2) is 0 Å². The Labute approximate surface area is 185 Å². The molecule has 30 heavy (non-hydrogen) atoms. The lowest BCUT2D eigenvalue weighted by molar-refractivity contribution is -0.112. The Balaban J connectivity index is 1.66. The molecule has 0 bridgehead atoms. The SMILES string of the molecule is Cc1ccccc1COc1ccc(/C=C(\C#N)C(=O)Nc2ccc(Cl)c(Cl)c2)cc1. The number of amides is 1. The molecule has 6 heteroatoms. The third kappa shape index (κ3) is 5.64. The molecule has 3 aromatic rings. The van der Waals surface area contributed by atoms with Crippen LogP contribution < -0.4 is 10.1 Å². The van der Waals surface area contributed by atoms with Crippen LogP contribution in [0.15, 0.2) is 72.3 Å². The summed E-state index contributed by atoms with van der Waals surface area (Å²) in [5, 5.41) is 12.7. The largest absolute Gasteiger partial charge is 0.489 e. The van der Waals surface area contributed by atoms with Crippen LogP contribution in [-0.4, -0.2) is 5.91 Å². The Morgan fingerprint density at radius 1 is 1.07 bits per heavy atom. The van der Waals surface area contributed by atoms with Gasteiger partial charge in [-0.3, -0.25) is 4.79 Å². The van der Waals surface area contributed by atoms with Crippen molar-refractivity contribution in [2.75, 3.05) is 5.32 Å². The van der Waals surface area contributed by atoms with E-state index in [1.54, 1.807) is 36.4 Å². The lowest BCUT2D eigenvalue weighted by Crippen LogP contribution is -2.13. The molecule has 0 saturated carbocycles. The van der Waals surface area contributed by atoms with E-state index in [9.17, 15) is 10.1 Å². The molecular weight excluding hydrogens is 419 g/mol. The lowest BCUT2D eigenvalue weighted by atomic mass is 10.1. The van der Waals surface area contributed by atoms with Gasteiger partial charge in [-0.05, 0) is 60.0 Å². The number of hydrogen-bond donors (Lipinski definition) is 1. The van der Waals surface area contributed by atoms with Gasteiger partial charge in [-0.15, -0.1) is 0 Å². The van der Waals surface area contributed by atoms with Crippen molar-refractivity contribution in [1.82, 2.24) is 0 Å². The number of anilines is 1. The molecule has 0 aromatic heterocycles. The molecule has 4 nitrogen and oxygen atoms in total. The average Bonchev–Trinajstić information content (AvgIpc) is 2.75. The molecule has 0 aliphatic rings. The maximum absolute atomic E-state index is 12.4. The number of carbonyl (C=O) groups is 1. The van der Waals surface area contributed by atoms with Crippen molar-refractivity contribution in [2.45, 2.75) is 13.5 Å². The molecule has 3 aromatic carbocycles. The van der Waals surface area contributed by atoms with Gasteiger partial charge < -0.3 is 10.1 Å². The van der Waals surface area contributed by atoms with Crippen molar-refractivity contribution in [3.8, 4) is 11.8 Å². The first-order chi connectivity index (χ1) is 14.5. The van der Waals surface area contributed by atoms with Gasteiger partial charge in [-0.2, -0.15) is 5.26 Å². The summed E-state index contributed by atoms with van der Waals surface area (Å²) in [6.07, 6.45) is 1.51. The number of nitrogens with zero attached hydrogens (tertiary/aromatic N) is 1. The minimum absolute atomic E-state index is 0.0327. The van der Waals surface area contributed by atoms with E-state index in [4.69, 9.17) is 27.9 Å². The van der Waals surface area contributed by atoms with E-state index in [1.165, 1.54) is 17.7 Å². The maximum atomic E-state index is 12.4. The molecule has 0 radical (unpaired) electrons. The molecule has 1 amide bonds. The Kier molecular flexibility index (Phi) is 7.13. The van der Waals surface area contributed by atoms with Crippen LogP contribution >= 0.6 is 23.2 Å². The summed E-state index contributed by atoms with van der Waals surface area (Å²) in [5.74, 6) is 0.171. The predicted molar refractivity (Wildman–Crippen MR) is 121 cm³/mol. The van der Waals surface area contributed by atoms with E-state index in [0.29, 0.717) is 33.7 Å². The van der Waals surface area contributed by atoms with Crippen LogP contribution in [0.4, 0.5) is 5.69 Å². The molecule has 0 spiro atoms. The van der Waals surface area contributed by atoms with Gasteiger partial charge in [0.2, 0.25) is 0 Å². The van der Waals surface area contributed by atoms with Gasteiger partial charge in [0.1, 0.15) is 24.0 Å². The van der Waals surface area contributed by atoms with Crippen LogP contribution in [0.25, 0.3) is 6.08 Å². The maximum Gasteiger partial charge on any atom is 0.266 e. The molecule has 3 rings (SSSR count). The highest BCUT2D eigenvalue weighted by molar-refractivity contribution is 6.42. The zero-order chi connectivity index (χ0) is 21.5. The van der Waals surface area contributed by atoms with Crippen LogP contribution in [0.1, 0.15) is 16.7 Å². The Morgan fingerprint density at radius 2 is 1.80 bits per heavy atom. The fraction of sp³-hybridized carbons (Fsp3) is 0.0833. The molecular formula is C24H18Cl2N2O2. The third-order valence-corrected chi connectivity index (χ3v) is 5.13. The van der Waals surface area contributed by atoms with Crippen LogP contribution in [0.5, 0.6) is 5.75 Å². The second-order valence-corrected chi connectivity index (χ2v) is 7.35. The second-order valence-electron chi connectivity index (χ2n) is 6.54. The minimum atomic E-state index is -0.532. The fourth-order valence-corrected chi connectivity index (χ4v) is 2.98. The van der Waals surface area contributed by atoms with Gasteiger partial charge in [0.15, 0.2) is 0 Å². The highest BCUT2D eigenvalue weighted by Crippen LogP contribution is 2.25. The van der Waals surface area contributed by atoms with Crippen LogP contribution in [0.3, 0.4) is 0 Å². The molecule has 0 aliphatic carbocycles. The van der Waals surface area contributed by atoms with Gasteiger partial charge in [0.25, 0.3) is 5.91 Å². The summed E-state index contributed by atoms with van der Waals surface area (Å²) in [6, 6.07) is 21.9. The monoisotopic (exact) mass is 436 g/mol. The van der Waals surface area contributed by atoms with Crippen molar-refractivity contribution in [1.29, 1.82) is 5.26 Å². The molecule has 150 valence electrons. The summed E-state index contributed by atoms with van der Waals surface area (Å²) >= 11 is 11.8. The Bertz CT molecular complexity index is 1130. The summed E-state index contributed by atoms with van der Waals surface area (Å²) in [4.78, 5) is 12.4. The van der Waals surface area contributed by atoms with Gasteiger partial charge in [0.05, 0.1) is 10.0 Å². The lowest BCUT2D eigenvalue weighted by Gasteiger charge is -2.09. The molecule has 0 saturated heterocycles. The van der Waals surface area contributed by atoms with Crippen molar-refractivity contribution in [3.05, 3.63) is 99.0 Å². The zero-order valence-electron chi connectivity index (χ0n) is 16.2. The van der Waals surface area contributed by atoms with Crippen molar-refractivity contribution in [2.24, 2.45) is 0 Å². The number of halogens is 2. The smallest absolute Gasteiger partial charge is 0.266 e. The summed E-state index contributed by atoms with van der Waals surface area (Å²) in [6.45, 7) is 2.51. The van der Waals surface area contributed by atoms with Crippen molar-refractivity contribution in [3.63, 3.8) is 0 Å². The summed E-state index contributed by atoms with van der Waals surface area (Å²) in [5.41, 5.74) is 3.42. The normalized spacial score (nSPS) is 10.9. The fourth-order valence-electron chi connectivity index (χ4n) is 2.68. The molecule has 0 unspecified atom stereocenters. The van der Waals surface area contributed by atoms with Crippen molar-refractivity contribution >= 4 is 40.9 Å². The predicted octanol–water partition coefficient (Wildman–Crippen LogP) is 6.43. The molecule has 0 fully saturated rings. The highest BCUT2D eigenvalue weighted by Gasteiger charge is 2.10. The molecule has 0 atom stereocenters. The second kappa shape index (κ2) is 9.98. The summed E-state index contributed by atoms with van der Waals surface area (Å²) in [7, 11) is 0. The number of ether oxygens (including phenoxy) is 1. The number of nitriles is 1. The number of hydrogen-bond acceptors (Lipinski definition) is 3. The van der Waals surface area contributed by atoms with E-state index in [0.717, 1.165) is 5.56 Å². The van der Waals surface area contributed by atoms with Gasteiger partial charge in [0, 0.05) is 5.69 Å². The first-order valence-corrected chi connectivity index (χ1v) is 9.87. The quantitative estimate of drug-likeness (QED) is 0.357. The van der Waals surface area contributed by atoms with Crippen LogP contribution in [0, 0.1) is 18.3 Å². The average molecular weight is 437 g/mol. The first-order valence-electron chi connectivity index (χ1n) is 9.12. The van der Waals surface area contributed by atoms with Gasteiger partial charge in [-0.1, -0.05) is 59.6 Å². The number of benzene rings is 3. The van der Waals surface area contributed by atoms with E-state index < -0.39 is 5.91 Å². The molecule has 0 heterocycles. The molecule has 0 aliphatic heterocycles. The standard InChI is InChI=1S/C24H18Cl2N2O2/c1-16-4-2-3-5-18(16)15-30-21-9-6-17(7-10-21)12-19(14-27)24(29)28-20-8-11-22(25)23(26)13-20/h2-13H,15H2,1H3,(H,28,29)/b19-12+. The summed E-state index contributed by atoms with van der Waals surface area (Å²) < 4.78 is 5.82. The van der Waals surface area contributed by atoms with Gasteiger partial charge >= 0.3 is 0 Å². The topological polar surface area (TPSA) is 62.1 Å². The number of carbonyl (C=O) groups excluding carboxylic acids is 1.